The molecule has 1 aliphatic heterocycles. The minimum Gasteiger partial charge on any atom is -0.496 e. The molecular weight excluding hydrogens is 639 g/mol. The average Bonchev–Trinajstić information content (AvgIpc) is 3.41. The Kier molecular flexibility index (Phi) is 10.3. The maximum Gasteiger partial charge on any atom is 0.501 e. The van der Waals surface area contributed by atoms with Gasteiger partial charge in [0.2, 0.25) is 5.91 Å². The lowest BCUT2D eigenvalue weighted by Gasteiger charge is -2.34. The molecule has 250 valence electrons. The Morgan fingerprint density at radius 2 is 1.72 bits per heavy atom. The van der Waals surface area contributed by atoms with Crippen molar-refractivity contribution in [3.05, 3.63) is 47.8 Å². The van der Waals surface area contributed by atoms with E-state index in [1.54, 1.807) is 6.92 Å². The Labute approximate surface area is 263 Å². The van der Waals surface area contributed by atoms with E-state index in [-0.39, 0.29) is 29.2 Å². The molecule has 0 unspecified atom stereocenters. The highest BCUT2D eigenvalue weighted by Crippen LogP contribution is 2.39. The van der Waals surface area contributed by atoms with Crippen molar-refractivity contribution >= 4 is 40.2 Å². The Bertz CT molecular complexity index is 1600. The van der Waals surface area contributed by atoms with Gasteiger partial charge in [-0.15, -0.1) is 0 Å². The molecule has 2 fully saturated rings. The number of sulfone groups is 1. The van der Waals surface area contributed by atoms with Crippen molar-refractivity contribution in [3.8, 4) is 11.5 Å². The second-order valence-electron chi connectivity index (χ2n) is 11.6. The van der Waals surface area contributed by atoms with Gasteiger partial charge in [0.15, 0.2) is 11.6 Å². The van der Waals surface area contributed by atoms with Crippen molar-refractivity contribution in [3.63, 3.8) is 0 Å². The van der Waals surface area contributed by atoms with Crippen LogP contribution in [0, 0.1) is 17.2 Å². The smallest absolute Gasteiger partial charge is 0.496 e. The number of anilines is 1. The van der Waals surface area contributed by atoms with Crippen LogP contribution in [0.3, 0.4) is 0 Å². The van der Waals surface area contributed by atoms with E-state index in [2.05, 4.69) is 10.6 Å². The molecule has 1 aliphatic carbocycles. The molecular formula is C29H33BF4N2O9S. The summed E-state index contributed by atoms with van der Waals surface area (Å²) >= 11 is 0. The fraction of sp³-hybridized carbons (Fsp3) is 0.483. The van der Waals surface area contributed by atoms with E-state index in [4.69, 9.17) is 14.1 Å². The molecule has 0 aromatic heterocycles. The third-order valence-electron chi connectivity index (χ3n) is 8.59. The topological polar surface area (TPSA) is 157 Å². The molecule has 4 rings (SSSR count). The normalized spacial score (nSPS) is 23.5. The number of hydrogen-bond acceptors (Lipinski definition) is 8. The highest BCUT2D eigenvalue weighted by Gasteiger charge is 2.48. The number of aliphatic carboxylic acids is 1. The van der Waals surface area contributed by atoms with Crippen LogP contribution < -0.4 is 20.1 Å². The van der Waals surface area contributed by atoms with E-state index >= 15 is 0 Å². The molecule has 2 aliphatic rings. The van der Waals surface area contributed by atoms with E-state index in [1.165, 1.54) is 20.3 Å². The van der Waals surface area contributed by atoms with Gasteiger partial charge in [-0.05, 0) is 69.6 Å². The maximum absolute atomic E-state index is 15.0. The average molecular weight is 672 g/mol. The molecule has 1 saturated carbocycles. The van der Waals surface area contributed by atoms with Crippen molar-refractivity contribution < 1.29 is 59.6 Å². The highest BCUT2D eigenvalue weighted by molar-refractivity contribution is 7.92. The van der Waals surface area contributed by atoms with Gasteiger partial charge in [0.25, 0.3) is 15.7 Å². The Balaban J connectivity index is 1.52. The summed E-state index contributed by atoms with van der Waals surface area (Å²) in [7, 11) is -3.05. The van der Waals surface area contributed by atoms with Crippen LogP contribution in [0.5, 0.6) is 11.5 Å². The first-order valence-corrected chi connectivity index (χ1v) is 15.8. The zero-order valence-electron chi connectivity index (χ0n) is 25.1. The number of nitrogens with one attached hydrogen (secondary N) is 2. The minimum absolute atomic E-state index is 0.115. The Morgan fingerprint density at radius 3 is 2.30 bits per heavy atom. The number of carbonyl (C=O) groups excluding carboxylic acids is 2. The van der Waals surface area contributed by atoms with Gasteiger partial charge >= 0.3 is 18.4 Å². The number of alkyl halides is 3. The van der Waals surface area contributed by atoms with Gasteiger partial charge in [-0.1, -0.05) is 6.07 Å². The van der Waals surface area contributed by atoms with Crippen LogP contribution in [0.2, 0.25) is 6.32 Å². The quantitative estimate of drug-likeness (QED) is 0.245. The first-order valence-electron chi connectivity index (χ1n) is 14.3. The number of benzene rings is 2. The summed E-state index contributed by atoms with van der Waals surface area (Å²) in [5.41, 5.74) is -6.76. The molecule has 2 atom stereocenters. The second-order valence-corrected chi connectivity index (χ2v) is 13.5. The van der Waals surface area contributed by atoms with Crippen LogP contribution >= 0.6 is 0 Å². The molecule has 3 N–H and O–H groups in total. The fourth-order valence-electron chi connectivity index (χ4n) is 5.76. The number of amides is 2. The van der Waals surface area contributed by atoms with Crippen LogP contribution in [0.25, 0.3) is 0 Å². The molecule has 0 bridgehead atoms. The van der Waals surface area contributed by atoms with Crippen molar-refractivity contribution in [1.82, 2.24) is 5.32 Å². The monoisotopic (exact) mass is 672 g/mol. The molecule has 11 nitrogen and oxygen atoms in total. The van der Waals surface area contributed by atoms with E-state index in [1.807, 2.05) is 0 Å². The van der Waals surface area contributed by atoms with Crippen LogP contribution in [0.1, 0.15) is 49.4 Å². The van der Waals surface area contributed by atoms with Gasteiger partial charge < -0.3 is 29.9 Å². The molecule has 2 aromatic carbocycles. The lowest BCUT2D eigenvalue weighted by molar-refractivity contribution is -0.150. The molecule has 0 radical (unpaired) electrons. The number of rotatable bonds is 10. The number of halogens is 4. The number of ether oxygens (including phenoxy) is 2. The van der Waals surface area contributed by atoms with Crippen LogP contribution in [0.4, 0.5) is 23.2 Å². The first-order chi connectivity index (χ1) is 21.5. The molecule has 46 heavy (non-hydrogen) atoms. The molecule has 0 spiro atoms. The summed E-state index contributed by atoms with van der Waals surface area (Å²) in [4.78, 5) is 37.3. The third-order valence-corrected chi connectivity index (χ3v) is 10.1. The zero-order chi connectivity index (χ0) is 34.0. The minimum atomic E-state index is -5.66. The fourth-order valence-corrected chi connectivity index (χ4v) is 6.57. The summed E-state index contributed by atoms with van der Waals surface area (Å²) in [5.74, 6) is -5.43. The predicted molar refractivity (Wildman–Crippen MR) is 157 cm³/mol. The van der Waals surface area contributed by atoms with Gasteiger partial charge in [0.05, 0.1) is 35.0 Å². The summed E-state index contributed by atoms with van der Waals surface area (Å²) in [6.45, 7) is 0.992. The number of carboxylic acids is 1. The van der Waals surface area contributed by atoms with E-state index in [0.29, 0.717) is 38.1 Å². The number of carbonyl (C=O) groups is 3. The molecule has 1 heterocycles. The number of methoxy groups -OCH3 is 1. The SMILES string of the molecule is COB1CC[C@H](C(=O)Nc2cccc(S(=O)(=O)C(F)(F)F)c2)[C@@H]1NC(=O)c1cc(OC2CCC(C)(C(=O)O)CC2)c(F)cc1OC. The third kappa shape index (κ3) is 7.25. The van der Waals surface area contributed by atoms with E-state index in [0.717, 1.165) is 24.3 Å². The van der Waals surface area contributed by atoms with Crippen LogP contribution in [-0.4, -0.2) is 70.0 Å². The van der Waals surface area contributed by atoms with Crippen LogP contribution in [0.15, 0.2) is 41.3 Å². The van der Waals surface area contributed by atoms with Gasteiger partial charge in [-0.2, -0.15) is 13.2 Å². The molecule has 1 saturated heterocycles. The van der Waals surface area contributed by atoms with Crippen LogP contribution in [-0.2, 0) is 24.1 Å². The van der Waals surface area contributed by atoms with Gasteiger partial charge in [0, 0.05) is 24.8 Å². The largest absolute Gasteiger partial charge is 0.501 e. The lowest BCUT2D eigenvalue weighted by atomic mass is 9.61. The standard InChI is InChI=1S/C29H33BF4N2O9S/c1-28(27(39)40)10-7-17(8-11-28)45-23-14-20(22(43-2)15-21(23)31)26(38)36-24-19(9-12-30(24)44-3)25(37)35-16-5-4-6-18(13-16)46(41,42)29(32,33)34/h4-6,13-15,17,19,24H,7-12H2,1-3H3,(H,35,37)(H,36,38)(H,39,40)/t17?,19-,24-,28?/m0/s1. The molecule has 17 heteroatoms. The first kappa shape index (κ1) is 35.0. The van der Waals surface area contributed by atoms with Gasteiger partial charge in [0.1, 0.15) is 5.75 Å². The van der Waals surface area contributed by atoms with E-state index < -0.39 is 74.1 Å². The van der Waals surface area contributed by atoms with E-state index in [9.17, 15) is 45.5 Å². The van der Waals surface area contributed by atoms with Crippen molar-refractivity contribution in [1.29, 1.82) is 0 Å². The molecule has 2 amide bonds. The summed E-state index contributed by atoms with van der Waals surface area (Å²) in [5, 5.41) is 14.6. The maximum atomic E-state index is 15.0. The number of carboxylic acid groups (broad SMARTS) is 1. The van der Waals surface area contributed by atoms with Gasteiger partial charge in [-0.25, -0.2) is 12.8 Å². The zero-order valence-corrected chi connectivity index (χ0v) is 26.0. The van der Waals surface area contributed by atoms with Gasteiger partial charge in [-0.3, -0.25) is 14.4 Å². The lowest BCUT2D eigenvalue weighted by Crippen LogP contribution is -2.50. The summed E-state index contributed by atoms with van der Waals surface area (Å²) in [6.07, 6.45) is 1.41. The van der Waals surface area contributed by atoms with Crippen molar-refractivity contribution in [2.45, 2.75) is 67.8 Å². The van der Waals surface area contributed by atoms with Crippen molar-refractivity contribution in [2.75, 3.05) is 19.5 Å². The Morgan fingerprint density at radius 1 is 1.04 bits per heavy atom. The Hall–Kier alpha value is -3.86. The summed E-state index contributed by atoms with van der Waals surface area (Å²) in [6, 6.07) is 5.86. The molecule has 2 aromatic rings. The van der Waals surface area contributed by atoms with Crippen molar-refractivity contribution in [2.24, 2.45) is 11.3 Å². The number of hydrogen-bond donors (Lipinski definition) is 3. The summed E-state index contributed by atoms with van der Waals surface area (Å²) < 4.78 is 94.3. The predicted octanol–water partition coefficient (Wildman–Crippen LogP) is 4.47. The highest BCUT2D eigenvalue weighted by atomic mass is 32.2. The second kappa shape index (κ2) is 13.5.